The number of fused-ring (bicyclic) bond motifs is 1. The minimum atomic E-state index is -0.700. The number of ether oxygens (including phenoxy) is 5. The molecule has 0 amide bonds. The predicted molar refractivity (Wildman–Crippen MR) is 62.8 cm³/mol. The highest BCUT2D eigenvalue weighted by Crippen LogP contribution is 2.46. The zero-order valence-corrected chi connectivity index (χ0v) is 11.7. The fourth-order valence-electron chi connectivity index (χ4n) is 3.07. The molecule has 3 heterocycles. The van der Waals surface area contributed by atoms with E-state index >= 15 is 0 Å². The average molecular weight is 258 g/mol. The van der Waals surface area contributed by atoms with Crippen molar-refractivity contribution in [2.24, 2.45) is 5.92 Å². The predicted octanol–water partition coefficient (Wildman–Crippen LogP) is 1.65. The highest BCUT2D eigenvalue weighted by Gasteiger charge is 2.60. The van der Waals surface area contributed by atoms with Crippen molar-refractivity contribution in [3.05, 3.63) is 0 Å². The summed E-state index contributed by atoms with van der Waals surface area (Å²) in [6, 6.07) is 0. The second-order valence-electron chi connectivity index (χ2n) is 6.34. The third-order valence-electron chi connectivity index (χ3n) is 3.94. The van der Waals surface area contributed by atoms with Crippen LogP contribution in [-0.4, -0.2) is 42.8 Å². The Morgan fingerprint density at radius 1 is 0.944 bits per heavy atom. The zero-order valence-electron chi connectivity index (χ0n) is 11.7. The molecule has 2 unspecified atom stereocenters. The molecule has 0 aromatic rings. The van der Waals surface area contributed by atoms with E-state index in [1.807, 2.05) is 27.7 Å². The number of hydrogen-bond donors (Lipinski definition) is 0. The first kappa shape index (κ1) is 12.8. The van der Waals surface area contributed by atoms with Crippen LogP contribution in [0.1, 0.15) is 34.6 Å². The topological polar surface area (TPSA) is 46.2 Å². The summed E-state index contributed by atoms with van der Waals surface area (Å²) in [6.07, 6.45) is -0.0285. The SMILES string of the molecule is CC1C2OC(C)(C)O[C@@H]2CO[C@]12COC(C)(C)O2. The van der Waals surface area contributed by atoms with E-state index in [0.717, 1.165) is 0 Å². The Bertz CT molecular complexity index is 351. The summed E-state index contributed by atoms with van der Waals surface area (Å²) in [5.41, 5.74) is 0. The standard InChI is InChI=1S/C13H22O5/c1-8-10-9(16-12(4,5)17-10)6-14-13(8)7-15-11(2,3)18-13/h8-10H,6-7H2,1-5H3/t8?,9-,10?,13+/m1/s1. The summed E-state index contributed by atoms with van der Waals surface area (Å²) in [7, 11) is 0. The minimum Gasteiger partial charge on any atom is -0.345 e. The molecule has 3 aliphatic rings. The molecule has 3 aliphatic heterocycles. The van der Waals surface area contributed by atoms with Crippen molar-refractivity contribution in [1.29, 1.82) is 0 Å². The van der Waals surface area contributed by atoms with E-state index in [0.29, 0.717) is 13.2 Å². The molecule has 0 aromatic heterocycles. The van der Waals surface area contributed by atoms with Gasteiger partial charge in [-0.2, -0.15) is 0 Å². The molecule has 4 atom stereocenters. The smallest absolute Gasteiger partial charge is 0.200 e. The van der Waals surface area contributed by atoms with Gasteiger partial charge in [-0.3, -0.25) is 0 Å². The van der Waals surface area contributed by atoms with Crippen LogP contribution in [0.3, 0.4) is 0 Å². The van der Waals surface area contributed by atoms with Gasteiger partial charge < -0.3 is 23.7 Å². The molecule has 0 radical (unpaired) electrons. The first-order valence-corrected chi connectivity index (χ1v) is 6.57. The van der Waals surface area contributed by atoms with Crippen LogP contribution in [-0.2, 0) is 23.7 Å². The van der Waals surface area contributed by atoms with Gasteiger partial charge in [0.2, 0.25) is 0 Å². The molecule has 0 saturated carbocycles. The Hall–Kier alpha value is -0.200. The van der Waals surface area contributed by atoms with Gasteiger partial charge in [-0.1, -0.05) is 6.92 Å². The second kappa shape index (κ2) is 3.67. The largest absolute Gasteiger partial charge is 0.345 e. The molecule has 0 aliphatic carbocycles. The fourth-order valence-corrected chi connectivity index (χ4v) is 3.07. The van der Waals surface area contributed by atoms with E-state index in [1.54, 1.807) is 0 Å². The maximum atomic E-state index is 5.99. The van der Waals surface area contributed by atoms with E-state index in [4.69, 9.17) is 23.7 Å². The average Bonchev–Trinajstić information content (AvgIpc) is 2.71. The Morgan fingerprint density at radius 3 is 2.28 bits per heavy atom. The van der Waals surface area contributed by atoms with Crippen LogP contribution in [0.2, 0.25) is 0 Å². The van der Waals surface area contributed by atoms with Gasteiger partial charge in [0.25, 0.3) is 0 Å². The number of hydrogen-bond acceptors (Lipinski definition) is 5. The molecular weight excluding hydrogens is 236 g/mol. The van der Waals surface area contributed by atoms with Crippen LogP contribution < -0.4 is 0 Å². The van der Waals surface area contributed by atoms with Crippen LogP contribution in [0.4, 0.5) is 0 Å². The van der Waals surface area contributed by atoms with Crippen LogP contribution in [0.25, 0.3) is 0 Å². The molecule has 18 heavy (non-hydrogen) atoms. The van der Waals surface area contributed by atoms with Gasteiger partial charge >= 0.3 is 0 Å². The molecule has 104 valence electrons. The summed E-state index contributed by atoms with van der Waals surface area (Å²) in [6.45, 7) is 10.7. The van der Waals surface area contributed by atoms with Gasteiger partial charge in [0.05, 0.1) is 12.7 Å². The third kappa shape index (κ3) is 1.89. The minimum absolute atomic E-state index is 0.00810. The van der Waals surface area contributed by atoms with Crippen molar-refractivity contribution >= 4 is 0 Å². The van der Waals surface area contributed by atoms with Gasteiger partial charge in [-0.15, -0.1) is 0 Å². The van der Waals surface area contributed by atoms with E-state index < -0.39 is 17.4 Å². The maximum Gasteiger partial charge on any atom is 0.200 e. The molecule has 1 spiro atoms. The van der Waals surface area contributed by atoms with Crippen LogP contribution in [0.5, 0.6) is 0 Å². The van der Waals surface area contributed by atoms with Gasteiger partial charge in [0.1, 0.15) is 12.7 Å². The van der Waals surface area contributed by atoms with Crippen molar-refractivity contribution in [3.8, 4) is 0 Å². The molecule has 3 fully saturated rings. The molecule has 0 bridgehead atoms. The number of rotatable bonds is 0. The lowest BCUT2D eigenvalue weighted by Crippen LogP contribution is -2.57. The summed E-state index contributed by atoms with van der Waals surface area (Å²) >= 11 is 0. The summed E-state index contributed by atoms with van der Waals surface area (Å²) in [4.78, 5) is 0. The molecule has 3 rings (SSSR count). The lowest BCUT2D eigenvalue weighted by molar-refractivity contribution is -0.309. The van der Waals surface area contributed by atoms with Gasteiger partial charge in [0.15, 0.2) is 17.4 Å². The van der Waals surface area contributed by atoms with Crippen molar-refractivity contribution < 1.29 is 23.7 Å². The highest BCUT2D eigenvalue weighted by atomic mass is 16.8. The van der Waals surface area contributed by atoms with E-state index in [1.165, 1.54) is 0 Å². The Morgan fingerprint density at radius 2 is 1.67 bits per heavy atom. The van der Waals surface area contributed by atoms with Crippen molar-refractivity contribution in [2.75, 3.05) is 13.2 Å². The van der Waals surface area contributed by atoms with Crippen LogP contribution in [0.15, 0.2) is 0 Å². The molecule has 0 N–H and O–H groups in total. The maximum absolute atomic E-state index is 5.99. The van der Waals surface area contributed by atoms with Crippen molar-refractivity contribution in [2.45, 2.75) is 64.2 Å². The second-order valence-corrected chi connectivity index (χ2v) is 6.34. The van der Waals surface area contributed by atoms with E-state index in [2.05, 4.69) is 6.92 Å². The lowest BCUT2D eigenvalue weighted by atomic mass is 9.89. The normalized spacial score (nSPS) is 49.5. The zero-order chi connectivity index (χ0) is 13.2. The Balaban J connectivity index is 1.82. The van der Waals surface area contributed by atoms with Crippen LogP contribution in [0, 0.1) is 5.92 Å². The Labute approximate surface area is 108 Å². The summed E-state index contributed by atoms with van der Waals surface area (Å²) < 4.78 is 29.4. The van der Waals surface area contributed by atoms with E-state index in [9.17, 15) is 0 Å². The fraction of sp³-hybridized carbons (Fsp3) is 1.00. The van der Waals surface area contributed by atoms with Crippen LogP contribution >= 0.6 is 0 Å². The quantitative estimate of drug-likeness (QED) is 0.661. The van der Waals surface area contributed by atoms with Gasteiger partial charge in [0, 0.05) is 5.92 Å². The summed E-state index contributed by atoms with van der Waals surface area (Å²) in [5, 5.41) is 0. The molecule has 3 saturated heterocycles. The van der Waals surface area contributed by atoms with Crippen molar-refractivity contribution in [1.82, 2.24) is 0 Å². The van der Waals surface area contributed by atoms with E-state index in [-0.39, 0.29) is 18.1 Å². The monoisotopic (exact) mass is 258 g/mol. The van der Waals surface area contributed by atoms with Crippen molar-refractivity contribution in [3.63, 3.8) is 0 Å². The highest BCUT2D eigenvalue weighted by molar-refractivity contribution is 4.98. The van der Waals surface area contributed by atoms with Gasteiger partial charge in [-0.05, 0) is 27.7 Å². The molecule has 0 aromatic carbocycles. The Kier molecular flexibility index (Phi) is 2.61. The lowest BCUT2D eigenvalue weighted by Gasteiger charge is -2.42. The summed E-state index contributed by atoms with van der Waals surface area (Å²) in [5.74, 6) is -1.78. The third-order valence-corrected chi connectivity index (χ3v) is 3.94. The van der Waals surface area contributed by atoms with Gasteiger partial charge in [-0.25, -0.2) is 0 Å². The molecule has 5 nitrogen and oxygen atoms in total. The first-order chi connectivity index (χ1) is 8.23. The molecular formula is C13H22O5. The molecule has 5 heteroatoms. The first-order valence-electron chi connectivity index (χ1n) is 6.57.